The van der Waals surface area contributed by atoms with Gasteiger partial charge in [-0.05, 0) is 61.7 Å². The average Bonchev–Trinajstić information content (AvgIpc) is 3.39. The first-order chi connectivity index (χ1) is 13.6. The zero-order chi connectivity index (χ0) is 19.5. The van der Waals surface area contributed by atoms with Gasteiger partial charge in [-0.15, -0.1) is 11.3 Å². The maximum absolute atomic E-state index is 5.97. The lowest BCUT2D eigenvalue weighted by atomic mass is 10.1. The summed E-state index contributed by atoms with van der Waals surface area (Å²) in [4.78, 5) is 4.73. The maximum Gasteiger partial charge on any atom is 0.124 e. The highest BCUT2D eigenvalue weighted by Crippen LogP contribution is 2.35. The SMILES string of the molecule is CCOc1cc2c(cc1CN[C@@H](Cc1ccsc1)c1nc(C)cs1)O[C@@H](C)C2. The highest BCUT2D eigenvalue weighted by molar-refractivity contribution is 7.09. The van der Waals surface area contributed by atoms with Crippen LogP contribution in [0, 0.1) is 6.92 Å². The van der Waals surface area contributed by atoms with E-state index in [0.717, 1.165) is 40.6 Å². The second-order valence-electron chi connectivity index (χ2n) is 7.23. The number of thiazole rings is 1. The molecule has 2 atom stereocenters. The Balaban J connectivity index is 1.55. The molecule has 4 nitrogen and oxygen atoms in total. The molecule has 0 spiro atoms. The lowest BCUT2D eigenvalue weighted by Gasteiger charge is -2.18. The van der Waals surface area contributed by atoms with Crippen molar-refractivity contribution in [3.8, 4) is 11.5 Å². The van der Waals surface area contributed by atoms with Gasteiger partial charge in [0.2, 0.25) is 0 Å². The van der Waals surface area contributed by atoms with E-state index in [9.17, 15) is 0 Å². The number of nitrogens with zero attached hydrogens (tertiary/aromatic N) is 1. The summed E-state index contributed by atoms with van der Waals surface area (Å²) in [5.74, 6) is 1.95. The first kappa shape index (κ1) is 19.4. The Kier molecular flexibility index (Phi) is 5.99. The highest BCUT2D eigenvalue weighted by atomic mass is 32.1. The Labute approximate surface area is 174 Å². The van der Waals surface area contributed by atoms with Gasteiger partial charge in [0.1, 0.15) is 22.6 Å². The van der Waals surface area contributed by atoms with Crippen molar-refractivity contribution in [1.82, 2.24) is 10.3 Å². The summed E-state index contributed by atoms with van der Waals surface area (Å²) in [5.41, 5.74) is 4.79. The summed E-state index contributed by atoms with van der Waals surface area (Å²) < 4.78 is 11.9. The van der Waals surface area contributed by atoms with Crippen LogP contribution in [0.3, 0.4) is 0 Å². The fraction of sp³-hybridized carbons (Fsp3) is 0.409. The van der Waals surface area contributed by atoms with Gasteiger partial charge in [0.05, 0.1) is 12.6 Å². The van der Waals surface area contributed by atoms with Crippen molar-refractivity contribution in [2.75, 3.05) is 6.61 Å². The molecule has 1 aliphatic rings. The van der Waals surface area contributed by atoms with Gasteiger partial charge in [-0.2, -0.15) is 11.3 Å². The quantitative estimate of drug-likeness (QED) is 0.542. The number of ether oxygens (including phenoxy) is 2. The Morgan fingerprint density at radius 1 is 1.36 bits per heavy atom. The number of rotatable bonds is 8. The maximum atomic E-state index is 5.97. The Morgan fingerprint density at radius 2 is 2.25 bits per heavy atom. The number of fused-ring (bicyclic) bond motifs is 1. The zero-order valence-electron chi connectivity index (χ0n) is 16.5. The monoisotopic (exact) mass is 414 g/mol. The average molecular weight is 415 g/mol. The van der Waals surface area contributed by atoms with Gasteiger partial charge in [0.25, 0.3) is 0 Å². The van der Waals surface area contributed by atoms with Crippen LogP contribution < -0.4 is 14.8 Å². The minimum Gasteiger partial charge on any atom is -0.494 e. The number of nitrogens with one attached hydrogen (secondary N) is 1. The number of hydrogen-bond acceptors (Lipinski definition) is 6. The Hall–Kier alpha value is -1.89. The molecule has 3 heterocycles. The van der Waals surface area contributed by atoms with Crippen LogP contribution in [0.5, 0.6) is 11.5 Å². The van der Waals surface area contributed by atoms with Gasteiger partial charge in [0, 0.05) is 35.2 Å². The second kappa shape index (κ2) is 8.64. The van der Waals surface area contributed by atoms with Gasteiger partial charge >= 0.3 is 0 Å². The van der Waals surface area contributed by atoms with Gasteiger partial charge in [-0.1, -0.05) is 0 Å². The molecule has 1 aliphatic heterocycles. The van der Waals surface area contributed by atoms with Crippen molar-refractivity contribution >= 4 is 22.7 Å². The summed E-state index contributed by atoms with van der Waals surface area (Å²) in [6, 6.07) is 6.67. The van der Waals surface area contributed by atoms with Crippen LogP contribution in [-0.2, 0) is 19.4 Å². The minimum absolute atomic E-state index is 0.177. The molecule has 2 aromatic heterocycles. The van der Waals surface area contributed by atoms with Crippen LogP contribution in [-0.4, -0.2) is 17.7 Å². The van der Waals surface area contributed by atoms with Gasteiger partial charge in [-0.25, -0.2) is 4.98 Å². The van der Waals surface area contributed by atoms with Crippen molar-refractivity contribution in [2.24, 2.45) is 0 Å². The molecule has 0 fully saturated rings. The van der Waals surface area contributed by atoms with Crippen molar-refractivity contribution in [2.45, 2.75) is 52.3 Å². The molecule has 6 heteroatoms. The number of benzene rings is 1. The lowest BCUT2D eigenvalue weighted by Crippen LogP contribution is -2.23. The standard InChI is InChI=1S/C22H26N2O2S2/c1-4-25-20-9-17-7-15(3)26-21(17)10-18(20)11-23-19(8-16-5-6-27-13-16)22-24-14(2)12-28-22/h5-6,9-10,12-13,15,19,23H,4,7-8,11H2,1-3H3/t15-,19-/m0/s1. The van der Waals surface area contributed by atoms with Gasteiger partial charge < -0.3 is 14.8 Å². The van der Waals surface area contributed by atoms with Crippen LogP contribution >= 0.6 is 22.7 Å². The molecule has 0 saturated heterocycles. The number of thiophene rings is 1. The Morgan fingerprint density at radius 3 is 2.96 bits per heavy atom. The van der Waals surface area contributed by atoms with Crippen LogP contribution in [0.4, 0.5) is 0 Å². The smallest absolute Gasteiger partial charge is 0.124 e. The summed E-state index contributed by atoms with van der Waals surface area (Å²) in [6.07, 6.45) is 2.11. The Bertz CT molecular complexity index is 921. The molecule has 0 aliphatic carbocycles. The van der Waals surface area contributed by atoms with Gasteiger partial charge in [0.15, 0.2) is 0 Å². The van der Waals surface area contributed by atoms with E-state index in [1.807, 2.05) is 13.8 Å². The number of aromatic nitrogens is 1. The largest absolute Gasteiger partial charge is 0.494 e. The minimum atomic E-state index is 0.177. The fourth-order valence-corrected chi connectivity index (χ4v) is 5.12. The van der Waals surface area contributed by atoms with E-state index in [2.05, 4.69) is 46.6 Å². The fourth-order valence-electron chi connectivity index (χ4n) is 3.57. The zero-order valence-corrected chi connectivity index (χ0v) is 18.2. The number of aryl methyl sites for hydroxylation is 1. The molecule has 3 aromatic rings. The predicted molar refractivity (Wildman–Crippen MR) is 116 cm³/mol. The third-order valence-electron chi connectivity index (χ3n) is 4.87. The summed E-state index contributed by atoms with van der Waals surface area (Å²) in [5, 5.41) is 11.3. The molecule has 0 saturated carbocycles. The molecule has 0 unspecified atom stereocenters. The molecular formula is C22H26N2O2S2. The van der Waals surface area contributed by atoms with E-state index in [1.54, 1.807) is 22.7 Å². The van der Waals surface area contributed by atoms with Crippen LogP contribution in [0.25, 0.3) is 0 Å². The summed E-state index contributed by atoms with van der Waals surface area (Å²) in [6.45, 7) is 7.56. The normalized spacial score (nSPS) is 16.6. The van der Waals surface area contributed by atoms with E-state index in [-0.39, 0.29) is 12.1 Å². The van der Waals surface area contributed by atoms with E-state index in [1.165, 1.54) is 11.1 Å². The van der Waals surface area contributed by atoms with E-state index in [4.69, 9.17) is 14.5 Å². The van der Waals surface area contributed by atoms with Crippen molar-refractivity contribution in [1.29, 1.82) is 0 Å². The lowest BCUT2D eigenvalue weighted by molar-refractivity contribution is 0.254. The molecule has 1 N–H and O–H groups in total. The molecular weight excluding hydrogens is 388 g/mol. The van der Waals surface area contributed by atoms with E-state index in [0.29, 0.717) is 13.2 Å². The third-order valence-corrected chi connectivity index (χ3v) is 6.68. The second-order valence-corrected chi connectivity index (χ2v) is 8.90. The van der Waals surface area contributed by atoms with Crippen LogP contribution in [0.2, 0.25) is 0 Å². The van der Waals surface area contributed by atoms with Crippen molar-refractivity contribution in [3.05, 3.63) is 61.7 Å². The van der Waals surface area contributed by atoms with Crippen LogP contribution in [0.1, 0.15) is 47.3 Å². The summed E-state index contributed by atoms with van der Waals surface area (Å²) in [7, 11) is 0. The van der Waals surface area contributed by atoms with Crippen molar-refractivity contribution < 1.29 is 9.47 Å². The molecule has 0 amide bonds. The van der Waals surface area contributed by atoms with E-state index >= 15 is 0 Å². The first-order valence-electron chi connectivity index (χ1n) is 9.74. The van der Waals surface area contributed by atoms with E-state index < -0.39 is 0 Å². The molecule has 28 heavy (non-hydrogen) atoms. The predicted octanol–water partition coefficient (Wildman–Crippen LogP) is 5.31. The summed E-state index contributed by atoms with van der Waals surface area (Å²) >= 11 is 3.46. The van der Waals surface area contributed by atoms with Crippen molar-refractivity contribution in [3.63, 3.8) is 0 Å². The molecule has 4 rings (SSSR count). The molecule has 0 bridgehead atoms. The van der Waals surface area contributed by atoms with Gasteiger partial charge in [-0.3, -0.25) is 0 Å². The third kappa shape index (κ3) is 4.40. The topological polar surface area (TPSA) is 43.4 Å². The molecule has 0 radical (unpaired) electrons. The molecule has 148 valence electrons. The molecule has 1 aromatic carbocycles. The first-order valence-corrected chi connectivity index (χ1v) is 11.6. The highest BCUT2D eigenvalue weighted by Gasteiger charge is 2.23. The van der Waals surface area contributed by atoms with Crippen LogP contribution in [0.15, 0.2) is 34.3 Å². The number of hydrogen-bond donors (Lipinski definition) is 1.